The van der Waals surface area contributed by atoms with E-state index in [4.69, 9.17) is 10.5 Å². The highest BCUT2D eigenvalue weighted by Crippen LogP contribution is 2.32. The van der Waals surface area contributed by atoms with E-state index in [1.165, 1.54) is 0 Å². The van der Waals surface area contributed by atoms with Gasteiger partial charge in [-0.25, -0.2) is 4.79 Å². The summed E-state index contributed by atoms with van der Waals surface area (Å²) in [6, 6.07) is 9.24. The Hall–Kier alpha value is -1.88. The van der Waals surface area contributed by atoms with Crippen molar-refractivity contribution in [2.24, 2.45) is 5.73 Å². The van der Waals surface area contributed by atoms with Gasteiger partial charge in [-0.3, -0.25) is 10.1 Å². The van der Waals surface area contributed by atoms with Crippen molar-refractivity contribution in [1.29, 1.82) is 0 Å². The van der Waals surface area contributed by atoms with Crippen LogP contribution in [0.5, 0.6) is 0 Å². The molecule has 0 radical (unpaired) electrons. The van der Waals surface area contributed by atoms with Crippen molar-refractivity contribution in [3.05, 3.63) is 35.9 Å². The zero-order chi connectivity index (χ0) is 12.3. The first-order valence-electron chi connectivity index (χ1n) is 5.41. The maximum atomic E-state index is 11.4. The van der Waals surface area contributed by atoms with Gasteiger partial charge in [0.1, 0.15) is 6.61 Å². The molecule has 1 saturated carbocycles. The quantitative estimate of drug-likeness (QED) is 0.815. The number of hydrogen-bond donors (Lipinski definition) is 2. The number of carbonyl (C=O) groups excluding carboxylic acids is 2. The molecule has 1 aliphatic rings. The summed E-state index contributed by atoms with van der Waals surface area (Å²) in [5.74, 6) is -0.462. The number of amides is 2. The monoisotopic (exact) mass is 234 g/mol. The summed E-state index contributed by atoms with van der Waals surface area (Å²) in [5.41, 5.74) is 5.64. The van der Waals surface area contributed by atoms with Gasteiger partial charge in [-0.2, -0.15) is 0 Å². The normalized spacial score (nSPS) is 16.1. The van der Waals surface area contributed by atoms with Gasteiger partial charge >= 0.3 is 6.09 Å². The molecule has 2 rings (SSSR count). The fourth-order valence-corrected chi connectivity index (χ4v) is 1.34. The lowest BCUT2D eigenvalue weighted by Gasteiger charge is -2.09. The number of imide groups is 1. The van der Waals surface area contributed by atoms with Crippen LogP contribution in [0.4, 0.5) is 4.79 Å². The minimum atomic E-state index is -0.855. The Morgan fingerprint density at radius 3 is 2.53 bits per heavy atom. The molecular formula is C12H14N2O3. The van der Waals surface area contributed by atoms with Crippen molar-refractivity contribution in [1.82, 2.24) is 5.32 Å². The summed E-state index contributed by atoms with van der Waals surface area (Å²) in [7, 11) is 0. The molecule has 0 bridgehead atoms. The van der Waals surface area contributed by atoms with Crippen LogP contribution < -0.4 is 11.1 Å². The van der Waals surface area contributed by atoms with E-state index in [1.54, 1.807) is 0 Å². The van der Waals surface area contributed by atoms with Gasteiger partial charge in [-0.15, -0.1) is 0 Å². The van der Waals surface area contributed by atoms with Crippen molar-refractivity contribution in [2.75, 3.05) is 0 Å². The first kappa shape index (κ1) is 11.6. The van der Waals surface area contributed by atoms with Crippen LogP contribution in [0.15, 0.2) is 30.3 Å². The molecule has 0 heterocycles. The molecule has 0 saturated heterocycles. The third kappa shape index (κ3) is 3.04. The van der Waals surface area contributed by atoms with Gasteiger partial charge in [-0.05, 0) is 18.4 Å². The van der Waals surface area contributed by atoms with Gasteiger partial charge in [0.05, 0.1) is 5.54 Å². The predicted octanol–water partition coefficient (Wildman–Crippen LogP) is 0.931. The zero-order valence-electron chi connectivity index (χ0n) is 9.31. The maximum Gasteiger partial charge on any atom is 0.414 e. The molecule has 0 aliphatic heterocycles. The largest absolute Gasteiger partial charge is 0.444 e. The Labute approximate surface area is 98.9 Å². The van der Waals surface area contributed by atoms with Crippen molar-refractivity contribution in [3.8, 4) is 0 Å². The molecule has 2 amide bonds. The third-order valence-electron chi connectivity index (χ3n) is 2.67. The summed E-state index contributed by atoms with van der Waals surface area (Å²) >= 11 is 0. The van der Waals surface area contributed by atoms with E-state index in [0.29, 0.717) is 12.8 Å². The van der Waals surface area contributed by atoms with Crippen LogP contribution in [0.25, 0.3) is 0 Å². The number of ether oxygens (including phenoxy) is 1. The minimum Gasteiger partial charge on any atom is -0.444 e. The highest BCUT2D eigenvalue weighted by atomic mass is 16.5. The van der Waals surface area contributed by atoms with E-state index in [0.717, 1.165) is 5.56 Å². The molecule has 90 valence electrons. The standard InChI is InChI=1S/C12H14N2O3/c13-12(6-7-12)10(15)14-11(16)17-8-9-4-2-1-3-5-9/h1-5H,6-8,13H2,(H,14,15,16). The van der Waals surface area contributed by atoms with E-state index in [2.05, 4.69) is 5.32 Å². The second kappa shape index (κ2) is 4.55. The molecule has 1 fully saturated rings. The smallest absolute Gasteiger partial charge is 0.414 e. The van der Waals surface area contributed by atoms with E-state index < -0.39 is 17.5 Å². The molecule has 0 unspecified atom stereocenters. The minimum absolute atomic E-state index is 0.136. The average Bonchev–Trinajstić information content (AvgIpc) is 3.07. The number of carbonyl (C=O) groups is 2. The fraction of sp³-hybridized carbons (Fsp3) is 0.333. The summed E-state index contributed by atoms with van der Waals surface area (Å²) in [4.78, 5) is 22.7. The number of nitrogens with one attached hydrogen (secondary N) is 1. The van der Waals surface area contributed by atoms with Gasteiger partial charge in [0, 0.05) is 0 Å². The molecule has 0 spiro atoms. The van der Waals surface area contributed by atoms with Crippen molar-refractivity contribution in [2.45, 2.75) is 25.0 Å². The molecule has 1 aromatic rings. The molecule has 1 aromatic carbocycles. The Morgan fingerprint density at radius 2 is 1.94 bits per heavy atom. The number of rotatable bonds is 3. The lowest BCUT2D eigenvalue weighted by Crippen LogP contribution is -2.45. The van der Waals surface area contributed by atoms with Crippen molar-refractivity contribution >= 4 is 12.0 Å². The first-order valence-corrected chi connectivity index (χ1v) is 5.41. The SMILES string of the molecule is NC1(C(=O)NC(=O)OCc2ccccc2)CC1. The third-order valence-corrected chi connectivity index (χ3v) is 2.67. The van der Waals surface area contributed by atoms with Gasteiger partial charge < -0.3 is 10.5 Å². The molecule has 5 nitrogen and oxygen atoms in total. The number of hydrogen-bond acceptors (Lipinski definition) is 4. The summed E-state index contributed by atoms with van der Waals surface area (Å²) in [6.07, 6.45) is 0.478. The molecule has 0 aromatic heterocycles. The average molecular weight is 234 g/mol. The second-order valence-corrected chi connectivity index (χ2v) is 4.17. The van der Waals surface area contributed by atoms with Gasteiger partial charge in [-0.1, -0.05) is 30.3 Å². The molecule has 5 heteroatoms. The second-order valence-electron chi connectivity index (χ2n) is 4.17. The van der Waals surface area contributed by atoms with Crippen molar-refractivity contribution in [3.63, 3.8) is 0 Å². The molecule has 1 aliphatic carbocycles. The topological polar surface area (TPSA) is 81.4 Å². The molecule has 3 N–H and O–H groups in total. The molecule has 17 heavy (non-hydrogen) atoms. The molecular weight excluding hydrogens is 220 g/mol. The van der Waals surface area contributed by atoms with Gasteiger partial charge in [0.25, 0.3) is 0 Å². The van der Waals surface area contributed by atoms with E-state index in [9.17, 15) is 9.59 Å². The Kier molecular flexibility index (Phi) is 3.10. The zero-order valence-corrected chi connectivity index (χ0v) is 9.31. The van der Waals surface area contributed by atoms with E-state index in [-0.39, 0.29) is 6.61 Å². The Balaban J connectivity index is 1.76. The van der Waals surface area contributed by atoms with Crippen LogP contribution in [0.1, 0.15) is 18.4 Å². The van der Waals surface area contributed by atoms with Crippen LogP contribution in [-0.2, 0) is 16.1 Å². The lowest BCUT2D eigenvalue weighted by atomic mass is 10.2. The first-order chi connectivity index (χ1) is 8.10. The van der Waals surface area contributed by atoms with E-state index in [1.807, 2.05) is 30.3 Å². The lowest BCUT2D eigenvalue weighted by molar-refractivity contribution is -0.122. The fourth-order valence-electron chi connectivity index (χ4n) is 1.34. The van der Waals surface area contributed by atoms with Crippen LogP contribution in [0, 0.1) is 0 Å². The summed E-state index contributed by atoms with van der Waals surface area (Å²) in [5, 5.41) is 2.13. The number of benzene rings is 1. The van der Waals surface area contributed by atoms with Gasteiger partial charge in [0.2, 0.25) is 5.91 Å². The van der Waals surface area contributed by atoms with Crippen LogP contribution in [0.2, 0.25) is 0 Å². The van der Waals surface area contributed by atoms with Crippen LogP contribution >= 0.6 is 0 Å². The van der Waals surface area contributed by atoms with Crippen molar-refractivity contribution < 1.29 is 14.3 Å². The summed E-state index contributed by atoms with van der Waals surface area (Å²) in [6.45, 7) is 0.136. The Morgan fingerprint density at radius 1 is 1.29 bits per heavy atom. The maximum absolute atomic E-state index is 11.4. The van der Waals surface area contributed by atoms with Crippen LogP contribution in [-0.4, -0.2) is 17.5 Å². The highest BCUT2D eigenvalue weighted by Gasteiger charge is 2.46. The number of nitrogens with two attached hydrogens (primary N) is 1. The highest BCUT2D eigenvalue weighted by molar-refractivity contribution is 5.99. The Bertz CT molecular complexity index is 427. The van der Waals surface area contributed by atoms with Crippen LogP contribution in [0.3, 0.4) is 0 Å². The van der Waals surface area contributed by atoms with Gasteiger partial charge in [0.15, 0.2) is 0 Å². The number of alkyl carbamates (subject to hydrolysis) is 1. The molecule has 0 atom stereocenters. The predicted molar refractivity (Wildman–Crippen MR) is 60.9 cm³/mol. The van der Waals surface area contributed by atoms with E-state index >= 15 is 0 Å². The summed E-state index contributed by atoms with van der Waals surface area (Å²) < 4.78 is 4.90.